The Morgan fingerprint density at radius 3 is 2.26 bits per heavy atom. The summed E-state index contributed by atoms with van der Waals surface area (Å²) in [5, 5.41) is 9.24. The van der Waals surface area contributed by atoms with E-state index in [4.69, 9.17) is 23.7 Å². The van der Waals surface area contributed by atoms with E-state index in [1.807, 2.05) is 0 Å². The number of carboxylic acids is 1. The molecule has 12 heteroatoms. The highest BCUT2D eigenvalue weighted by Gasteiger charge is 2.26. The molecule has 0 aliphatic carbocycles. The molecule has 1 unspecified atom stereocenters. The van der Waals surface area contributed by atoms with Crippen molar-refractivity contribution in [2.75, 3.05) is 46.6 Å². The normalized spacial score (nSPS) is 12.0. The second-order valence-electron chi connectivity index (χ2n) is 8.32. The number of aliphatic carboxylic acids is 1. The van der Waals surface area contributed by atoms with Gasteiger partial charge >= 0.3 is 18.2 Å². The zero-order valence-corrected chi connectivity index (χ0v) is 21.9. The molecule has 2 aromatic rings. The second-order valence-corrected chi connectivity index (χ2v) is 8.32. The van der Waals surface area contributed by atoms with E-state index in [2.05, 4.69) is 0 Å². The van der Waals surface area contributed by atoms with Gasteiger partial charge in [-0.25, -0.2) is 9.59 Å². The molecule has 0 saturated carbocycles. The van der Waals surface area contributed by atoms with Crippen molar-refractivity contribution in [1.82, 2.24) is 4.90 Å². The lowest BCUT2D eigenvalue weighted by molar-refractivity contribution is -0.150. The molecule has 1 amide bonds. The SMILES string of the molecule is CCOC(Cc1ccc(OCCN(CCOCCCC(F)(F)F)C(=O)Oc2ccccc2OC)cc1)C(=O)O. The summed E-state index contributed by atoms with van der Waals surface area (Å²) >= 11 is 0. The summed E-state index contributed by atoms with van der Waals surface area (Å²) < 4.78 is 63.8. The van der Waals surface area contributed by atoms with Crippen molar-refractivity contribution in [1.29, 1.82) is 0 Å². The van der Waals surface area contributed by atoms with Crippen LogP contribution in [0.25, 0.3) is 0 Å². The van der Waals surface area contributed by atoms with Gasteiger partial charge in [-0.1, -0.05) is 24.3 Å². The van der Waals surface area contributed by atoms with Crippen LogP contribution in [0.15, 0.2) is 48.5 Å². The van der Waals surface area contributed by atoms with Crippen molar-refractivity contribution < 1.29 is 51.6 Å². The highest BCUT2D eigenvalue weighted by Crippen LogP contribution is 2.26. The van der Waals surface area contributed by atoms with E-state index < -0.39 is 30.8 Å². The molecule has 1 atom stereocenters. The summed E-state index contributed by atoms with van der Waals surface area (Å²) in [6, 6.07) is 13.4. The maximum absolute atomic E-state index is 12.9. The number of rotatable bonds is 17. The highest BCUT2D eigenvalue weighted by molar-refractivity contribution is 5.73. The number of alkyl halides is 3. The van der Waals surface area contributed by atoms with E-state index in [0.29, 0.717) is 11.5 Å². The number of carbonyl (C=O) groups excluding carboxylic acids is 1. The molecule has 0 spiro atoms. The molecule has 1 N–H and O–H groups in total. The van der Waals surface area contributed by atoms with Gasteiger partial charge in [0.05, 0.1) is 20.3 Å². The molecule has 2 aromatic carbocycles. The number of methoxy groups -OCH3 is 1. The Bertz CT molecular complexity index is 1020. The van der Waals surface area contributed by atoms with Crippen LogP contribution in [-0.4, -0.2) is 81.0 Å². The van der Waals surface area contributed by atoms with Crippen molar-refractivity contribution in [3.05, 3.63) is 54.1 Å². The van der Waals surface area contributed by atoms with Gasteiger partial charge < -0.3 is 33.7 Å². The van der Waals surface area contributed by atoms with Crippen LogP contribution in [0.1, 0.15) is 25.3 Å². The first-order valence-corrected chi connectivity index (χ1v) is 12.4. The molecule has 9 nitrogen and oxygen atoms in total. The molecular formula is C27H34F3NO8. The number of carboxylic acid groups (broad SMARTS) is 1. The quantitative estimate of drug-likeness (QED) is 0.272. The van der Waals surface area contributed by atoms with Gasteiger partial charge in [-0.05, 0) is 43.2 Å². The van der Waals surface area contributed by atoms with Crippen LogP contribution < -0.4 is 14.2 Å². The van der Waals surface area contributed by atoms with Crippen LogP contribution in [0.2, 0.25) is 0 Å². The van der Waals surface area contributed by atoms with Crippen molar-refractivity contribution in [3.63, 3.8) is 0 Å². The minimum Gasteiger partial charge on any atom is -0.493 e. The average Bonchev–Trinajstić information content (AvgIpc) is 2.89. The van der Waals surface area contributed by atoms with Crippen LogP contribution in [-0.2, 0) is 20.7 Å². The second kappa shape index (κ2) is 16.5. The fourth-order valence-electron chi connectivity index (χ4n) is 3.44. The third-order valence-corrected chi connectivity index (χ3v) is 5.40. The van der Waals surface area contributed by atoms with E-state index in [-0.39, 0.29) is 58.1 Å². The zero-order valence-electron chi connectivity index (χ0n) is 21.9. The smallest absolute Gasteiger partial charge is 0.415 e. The summed E-state index contributed by atoms with van der Waals surface area (Å²) in [7, 11) is 1.44. The fraction of sp³-hybridized carbons (Fsp3) is 0.481. The van der Waals surface area contributed by atoms with Crippen LogP contribution >= 0.6 is 0 Å². The lowest BCUT2D eigenvalue weighted by Crippen LogP contribution is -2.39. The fourth-order valence-corrected chi connectivity index (χ4v) is 3.44. The molecule has 0 aliphatic rings. The molecule has 0 fully saturated rings. The number of ether oxygens (including phenoxy) is 5. The number of halogens is 3. The maximum Gasteiger partial charge on any atom is 0.415 e. The molecular weight excluding hydrogens is 523 g/mol. The zero-order chi connectivity index (χ0) is 28.7. The minimum atomic E-state index is -4.25. The number of carbonyl (C=O) groups is 2. The predicted octanol–water partition coefficient (Wildman–Crippen LogP) is 4.97. The van der Waals surface area contributed by atoms with Crippen molar-refractivity contribution in [2.45, 2.75) is 38.5 Å². The van der Waals surface area contributed by atoms with Crippen LogP contribution in [0, 0.1) is 0 Å². The first-order chi connectivity index (χ1) is 18.6. The summed E-state index contributed by atoms with van der Waals surface area (Å²) in [6.07, 6.45) is -6.80. The van der Waals surface area contributed by atoms with Gasteiger partial charge in [0.25, 0.3) is 0 Å². The standard InChI is InChI=1S/C27H34F3NO8/c1-3-37-24(25(32)33)19-20-9-11-21(12-10-20)38-18-15-31(14-17-36-16-6-13-27(28,29)30)26(34)39-23-8-5-4-7-22(23)35-2/h4-5,7-12,24H,3,6,13-19H2,1-2H3,(H,32,33). The van der Waals surface area contributed by atoms with Gasteiger partial charge in [-0.15, -0.1) is 0 Å². The van der Waals surface area contributed by atoms with E-state index in [1.165, 1.54) is 12.0 Å². The molecule has 0 aromatic heterocycles. The van der Waals surface area contributed by atoms with Crippen LogP contribution in [0.4, 0.5) is 18.0 Å². The molecule has 2 rings (SSSR count). The predicted molar refractivity (Wildman–Crippen MR) is 135 cm³/mol. The number of benzene rings is 2. The van der Waals surface area contributed by atoms with Gasteiger partial charge in [0.2, 0.25) is 0 Å². The van der Waals surface area contributed by atoms with E-state index in [1.54, 1.807) is 55.5 Å². The Hall–Kier alpha value is -3.51. The first kappa shape index (κ1) is 31.7. The van der Waals surface area contributed by atoms with Gasteiger partial charge in [0, 0.05) is 32.6 Å². The van der Waals surface area contributed by atoms with Gasteiger partial charge in [0.1, 0.15) is 12.4 Å². The molecule has 0 bridgehead atoms. The lowest BCUT2D eigenvalue weighted by Gasteiger charge is -2.22. The van der Waals surface area contributed by atoms with Gasteiger partial charge in [0.15, 0.2) is 17.6 Å². The van der Waals surface area contributed by atoms with E-state index >= 15 is 0 Å². The first-order valence-electron chi connectivity index (χ1n) is 12.4. The summed E-state index contributed by atoms with van der Waals surface area (Å²) in [6.45, 7) is 2.19. The van der Waals surface area contributed by atoms with Crippen molar-refractivity contribution in [2.24, 2.45) is 0 Å². The number of hydrogen-bond acceptors (Lipinski definition) is 7. The summed E-state index contributed by atoms with van der Waals surface area (Å²) in [5.41, 5.74) is 0.757. The molecule has 0 heterocycles. The molecule has 216 valence electrons. The molecule has 0 aliphatic heterocycles. The van der Waals surface area contributed by atoms with E-state index in [9.17, 15) is 27.9 Å². The number of hydrogen-bond donors (Lipinski definition) is 1. The number of nitrogens with zero attached hydrogens (tertiary/aromatic N) is 1. The van der Waals surface area contributed by atoms with Gasteiger partial charge in [-0.2, -0.15) is 13.2 Å². The van der Waals surface area contributed by atoms with Crippen LogP contribution in [0.5, 0.6) is 17.2 Å². The summed E-state index contributed by atoms with van der Waals surface area (Å²) in [5.74, 6) is 0.0365. The van der Waals surface area contributed by atoms with Gasteiger partial charge in [-0.3, -0.25) is 0 Å². The van der Waals surface area contributed by atoms with Crippen molar-refractivity contribution in [3.8, 4) is 17.2 Å². The van der Waals surface area contributed by atoms with E-state index in [0.717, 1.165) is 5.56 Å². The Morgan fingerprint density at radius 1 is 0.974 bits per heavy atom. The monoisotopic (exact) mass is 557 g/mol. The number of amides is 1. The molecule has 0 radical (unpaired) electrons. The maximum atomic E-state index is 12.9. The lowest BCUT2D eigenvalue weighted by atomic mass is 10.1. The topological polar surface area (TPSA) is 104 Å². The Balaban J connectivity index is 1.93. The average molecular weight is 558 g/mol. The third-order valence-electron chi connectivity index (χ3n) is 5.40. The Morgan fingerprint density at radius 2 is 1.64 bits per heavy atom. The van der Waals surface area contributed by atoms with Crippen molar-refractivity contribution >= 4 is 12.1 Å². The van der Waals surface area contributed by atoms with Crippen LogP contribution in [0.3, 0.4) is 0 Å². The minimum absolute atomic E-state index is 0.0121. The Kier molecular flexibility index (Phi) is 13.4. The third kappa shape index (κ3) is 12.3. The highest BCUT2D eigenvalue weighted by atomic mass is 19.4. The largest absolute Gasteiger partial charge is 0.493 e. The molecule has 0 saturated heterocycles. The molecule has 39 heavy (non-hydrogen) atoms. The summed E-state index contributed by atoms with van der Waals surface area (Å²) in [4.78, 5) is 25.5. The Labute approximate surface area is 225 Å². The number of para-hydroxylation sites is 2.